The Balaban J connectivity index is 1.52. The molecule has 0 saturated carbocycles. The van der Waals surface area contributed by atoms with Crippen molar-refractivity contribution >= 4 is 39.1 Å². The molecule has 0 spiro atoms. The van der Waals surface area contributed by atoms with Gasteiger partial charge in [-0.3, -0.25) is 4.79 Å². The molecule has 0 aliphatic carbocycles. The van der Waals surface area contributed by atoms with Crippen molar-refractivity contribution in [3.8, 4) is 0 Å². The van der Waals surface area contributed by atoms with Crippen LogP contribution in [0.5, 0.6) is 0 Å². The SMILES string of the molecule is CCNc1cc(C)nc(NCCNC(=O)c2cc3ccccc3s2)n1. The Bertz CT molecular complexity index is 844. The lowest BCUT2D eigenvalue weighted by Crippen LogP contribution is -2.28. The summed E-state index contributed by atoms with van der Waals surface area (Å²) in [7, 11) is 0. The minimum absolute atomic E-state index is 0.0542. The van der Waals surface area contributed by atoms with E-state index >= 15 is 0 Å². The summed E-state index contributed by atoms with van der Waals surface area (Å²) in [5, 5.41) is 10.3. The predicted octanol–water partition coefficient (Wildman–Crippen LogP) is 3.27. The normalized spacial score (nSPS) is 10.6. The molecule has 2 aromatic heterocycles. The fourth-order valence-corrected chi connectivity index (χ4v) is 3.43. The highest BCUT2D eigenvalue weighted by atomic mass is 32.1. The molecule has 0 aliphatic rings. The number of carbonyl (C=O) groups is 1. The van der Waals surface area contributed by atoms with Crippen LogP contribution in [0.2, 0.25) is 0 Å². The predicted molar refractivity (Wildman–Crippen MR) is 104 cm³/mol. The smallest absolute Gasteiger partial charge is 0.261 e. The fourth-order valence-electron chi connectivity index (χ4n) is 2.45. The van der Waals surface area contributed by atoms with Crippen LogP contribution in [0.25, 0.3) is 10.1 Å². The van der Waals surface area contributed by atoms with Gasteiger partial charge in [-0.1, -0.05) is 18.2 Å². The minimum atomic E-state index is -0.0542. The zero-order chi connectivity index (χ0) is 17.6. The zero-order valence-electron chi connectivity index (χ0n) is 14.3. The van der Waals surface area contributed by atoms with Crippen molar-refractivity contribution in [2.45, 2.75) is 13.8 Å². The number of aryl methyl sites for hydroxylation is 1. The zero-order valence-corrected chi connectivity index (χ0v) is 15.1. The molecule has 6 nitrogen and oxygen atoms in total. The van der Waals surface area contributed by atoms with Crippen LogP contribution >= 0.6 is 11.3 Å². The Labute approximate surface area is 150 Å². The van der Waals surface area contributed by atoms with Crippen LogP contribution in [-0.4, -0.2) is 35.5 Å². The van der Waals surface area contributed by atoms with Gasteiger partial charge in [-0.25, -0.2) is 4.98 Å². The van der Waals surface area contributed by atoms with Crippen LogP contribution in [0.1, 0.15) is 22.3 Å². The second-order valence-electron chi connectivity index (χ2n) is 5.58. The maximum atomic E-state index is 12.2. The Hall–Kier alpha value is -2.67. The average Bonchev–Trinajstić information content (AvgIpc) is 3.02. The summed E-state index contributed by atoms with van der Waals surface area (Å²) >= 11 is 1.50. The van der Waals surface area contributed by atoms with Gasteiger partial charge in [0.25, 0.3) is 5.91 Å². The summed E-state index contributed by atoms with van der Waals surface area (Å²) < 4.78 is 1.12. The van der Waals surface area contributed by atoms with Crippen LogP contribution in [-0.2, 0) is 0 Å². The topological polar surface area (TPSA) is 78.9 Å². The number of hydrogen-bond donors (Lipinski definition) is 3. The van der Waals surface area contributed by atoms with E-state index in [1.54, 1.807) is 0 Å². The summed E-state index contributed by atoms with van der Waals surface area (Å²) in [5.74, 6) is 1.31. The number of amides is 1. The van der Waals surface area contributed by atoms with Gasteiger partial charge in [0.05, 0.1) is 4.88 Å². The summed E-state index contributed by atoms with van der Waals surface area (Å²) in [5.41, 5.74) is 0.891. The Morgan fingerprint density at radius 2 is 1.96 bits per heavy atom. The van der Waals surface area contributed by atoms with E-state index < -0.39 is 0 Å². The number of rotatable bonds is 7. The van der Waals surface area contributed by atoms with Crippen molar-refractivity contribution in [1.29, 1.82) is 0 Å². The molecule has 0 bridgehead atoms. The monoisotopic (exact) mass is 355 g/mol. The number of fused-ring (bicyclic) bond motifs is 1. The van der Waals surface area contributed by atoms with E-state index in [0.29, 0.717) is 19.0 Å². The molecule has 0 radical (unpaired) electrons. The Kier molecular flexibility index (Phi) is 5.45. The van der Waals surface area contributed by atoms with Crippen molar-refractivity contribution in [3.05, 3.63) is 47.0 Å². The molecule has 1 amide bonds. The van der Waals surface area contributed by atoms with E-state index in [2.05, 4.69) is 25.9 Å². The van der Waals surface area contributed by atoms with Crippen LogP contribution in [0, 0.1) is 6.92 Å². The number of thiophene rings is 1. The third-order valence-electron chi connectivity index (χ3n) is 3.56. The second-order valence-corrected chi connectivity index (χ2v) is 6.66. The average molecular weight is 355 g/mol. The van der Waals surface area contributed by atoms with E-state index in [4.69, 9.17) is 0 Å². The highest BCUT2D eigenvalue weighted by molar-refractivity contribution is 7.20. The number of carbonyl (C=O) groups excluding carboxylic acids is 1. The summed E-state index contributed by atoms with van der Waals surface area (Å²) in [6.07, 6.45) is 0. The number of aromatic nitrogens is 2. The number of anilines is 2. The van der Waals surface area contributed by atoms with E-state index in [0.717, 1.165) is 33.0 Å². The molecule has 0 fully saturated rings. The molecule has 3 aromatic rings. The van der Waals surface area contributed by atoms with Gasteiger partial charge >= 0.3 is 0 Å². The maximum absolute atomic E-state index is 12.2. The van der Waals surface area contributed by atoms with Gasteiger partial charge in [-0.05, 0) is 31.4 Å². The molecular weight excluding hydrogens is 334 g/mol. The highest BCUT2D eigenvalue weighted by Crippen LogP contribution is 2.24. The first-order valence-electron chi connectivity index (χ1n) is 8.26. The molecule has 7 heteroatoms. The molecule has 0 saturated heterocycles. The highest BCUT2D eigenvalue weighted by Gasteiger charge is 2.09. The van der Waals surface area contributed by atoms with Crippen molar-refractivity contribution in [2.75, 3.05) is 30.3 Å². The largest absolute Gasteiger partial charge is 0.370 e. The van der Waals surface area contributed by atoms with Crippen molar-refractivity contribution in [2.24, 2.45) is 0 Å². The maximum Gasteiger partial charge on any atom is 0.261 e. The quantitative estimate of drug-likeness (QED) is 0.567. The number of hydrogen-bond acceptors (Lipinski definition) is 6. The first-order chi connectivity index (χ1) is 12.2. The molecule has 130 valence electrons. The second kappa shape index (κ2) is 7.94. The van der Waals surface area contributed by atoms with E-state index in [1.807, 2.05) is 50.2 Å². The lowest BCUT2D eigenvalue weighted by molar-refractivity contribution is 0.0959. The third-order valence-corrected chi connectivity index (χ3v) is 4.67. The van der Waals surface area contributed by atoms with Crippen LogP contribution < -0.4 is 16.0 Å². The Morgan fingerprint density at radius 1 is 1.12 bits per heavy atom. The van der Waals surface area contributed by atoms with Gasteiger partial charge in [0, 0.05) is 36.1 Å². The van der Waals surface area contributed by atoms with Gasteiger partial charge < -0.3 is 16.0 Å². The van der Waals surface area contributed by atoms with Crippen LogP contribution in [0.3, 0.4) is 0 Å². The van der Waals surface area contributed by atoms with Gasteiger partial charge in [0.2, 0.25) is 5.95 Å². The van der Waals surface area contributed by atoms with Gasteiger partial charge in [0.15, 0.2) is 0 Å². The summed E-state index contributed by atoms with van der Waals surface area (Å²) in [4.78, 5) is 21.7. The van der Waals surface area contributed by atoms with Gasteiger partial charge in [-0.2, -0.15) is 4.98 Å². The van der Waals surface area contributed by atoms with Crippen molar-refractivity contribution in [3.63, 3.8) is 0 Å². The minimum Gasteiger partial charge on any atom is -0.370 e. The van der Waals surface area contributed by atoms with E-state index in [9.17, 15) is 4.79 Å². The lowest BCUT2D eigenvalue weighted by Gasteiger charge is -2.09. The molecule has 0 aliphatic heterocycles. The Morgan fingerprint density at radius 3 is 2.76 bits per heavy atom. The first kappa shape index (κ1) is 17.2. The molecule has 0 atom stereocenters. The molecule has 3 N–H and O–H groups in total. The molecule has 0 unspecified atom stereocenters. The number of nitrogens with one attached hydrogen (secondary N) is 3. The van der Waals surface area contributed by atoms with Gasteiger partial charge in [0.1, 0.15) is 5.82 Å². The molecule has 3 rings (SSSR count). The van der Waals surface area contributed by atoms with Crippen molar-refractivity contribution in [1.82, 2.24) is 15.3 Å². The number of benzene rings is 1. The van der Waals surface area contributed by atoms with Crippen molar-refractivity contribution < 1.29 is 4.79 Å². The lowest BCUT2D eigenvalue weighted by atomic mass is 10.2. The van der Waals surface area contributed by atoms with Gasteiger partial charge in [-0.15, -0.1) is 11.3 Å². The molecule has 1 aromatic carbocycles. The van der Waals surface area contributed by atoms with E-state index in [-0.39, 0.29) is 5.91 Å². The third kappa shape index (κ3) is 4.45. The summed E-state index contributed by atoms with van der Waals surface area (Å²) in [6, 6.07) is 11.8. The van der Waals surface area contributed by atoms with E-state index in [1.165, 1.54) is 11.3 Å². The fraction of sp³-hybridized carbons (Fsp3) is 0.278. The summed E-state index contributed by atoms with van der Waals surface area (Å²) in [6.45, 7) is 5.82. The standard InChI is InChI=1S/C18H21N5OS/c1-3-19-16-10-12(2)22-18(23-16)21-9-8-20-17(24)15-11-13-6-4-5-7-14(13)25-15/h4-7,10-11H,3,8-9H2,1-2H3,(H,20,24)(H2,19,21,22,23). The molecule has 25 heavy (non-hydrogen) atoms. The first-order valence-corrected chi connectivity index (χ1v) is 9.07. The number of nitrogens with zero attached hydrogens (tertiary/aromatic N) is 2. The molecular formula is C18H21N5OS. The molecule has 2 heterocycles. The van der Waals surface area contributed by atoms with Crippen LogP contribution in [0.15, 0.2) is 36.4 Å². The van der Waals surface area contributed by atoms with Crippen LogP contribution in [0.4, 0.5) is 11.8 Å².